The van der Waals surface area contributed by atoms with Crippen molar-refractivity contribution in [3.8, 4) is 0 Å². The van der Waals surface area contributed by atoms with Crippen molar-refractivity contribution in [3.63, 3.8) is 0 Å². The van der Waals surface area contributed by atoms with Crippen molar-refractivity contribution in [1.29, 1.82) is 0 Å². The molecule has 1 rings (SSSR count). The SMILES string of the molecule is CC.CC.CC(=O)CCC(=O)OCCOCCOCCOCCOCCOC(=O)N1CCC(S)CC1. The first-order valence-electron chi connectivity index (χ1n) is 13.0. The van der Waals surface area contributed by atoms with Crippen molar-refractivity contribution in [1.82, 2.24) is 4.90 Å². The summed E-state index contributed by atoms with van der Waals surface area (Å²) in [6, 6.07) is 0. The van der Waals surface area contributed by atoms with Crippen LogP contribution >= 0.6 is 12.6 Å². The standard InChI is InChI=1S/C21H37NO9S.2C2H6/c1-18(23)2-3-20(24)30-16-14-28-12-10-26-8-9-27-11-13-29-15-17-31-21(25)22-6-4-19(32)5-7-22;2*1-2/h19,32H,2-17H2,1H3;2*1-2H3. The van der Waals surface area contributed by atoms with Gasteiger partial charge < -0.3 is 38.1 Å². The van der Waals surface area contributed by atoms with Crippen LogP contribution in [0.15, 0.2) is 0 Å². The monoisotopic (exact) mass is 539 g/mol. The van der Waals surface area contributed by atoms with Gasteiger partial charge in [0.25, 0.3) is 0 Å². The highest BCUT2D eigenvalue weighted by Crippen LogP contribution is 2.15. The first-order valence-corrected chi connectivity index (χ1v) is 13.6. The van der Waals surface area contributed by atoms with Crippen LogP contribution in [0.25, 0.3) is 0 Å². The van der Waals surface area contributed by atoms with E-state index in [-0.39, 0.29) is 44.5 Å². The molecule has 0 aromatic carbocycles. The molecule has 0 aromatic rings. The predicted molar refractivity (Wildman–Crippen MR) is 142 cm³/mol. The number of esters is 1. The molecule has 0 N–H and O–H groups in total. The fourth-order valence-corrected chi connectivity index (χ4v) is 2.89. The van der Waals surface area contributed by atoms with Crippen molar-refractivity contribution in [2.45, 2.75) is 65.6 Å². The molecule has 10 nitrogen and oxygen atoms in total. The van der Waals surface area contributed by atoms with Gasteiger partial charge >= 0.3 is 12.1 Å². The molecule has 1 fully saturated rings. The number of ketones is 1. The van der Waals surface area contributed by atoms with Crippen LogP contribution in [-0.4, -0.2) is 107 Å². The summed E-state index contributed by atoms with van der Waals surface area (Å²) in [5, 5.41) is 0.370. The Morgan fingerprint density at radius 3 is 1.47 bits per heavy atom. The Morgan fingerprint density at radius 2 is 1.06 bits per heavy atom. The van der Waals surface area contributed by atoms with Gasteiger partial charge in [-0.15, -0.1) is 0 Å². The van der Waals surface area contributed by atoms with E-state index in [2.05, 4.69) is 12.6 Å². The van der Waals surface area contributed by atoms with Crippen molar-refractivity contribution in [2.24, 2.45) is 0 Å². The van der Waals surface area contributed by atoms with Gasteiger partial charge in [-0.05, 0) is 19.8 Å². The summed E-state index contributed by atoms with van der Waals surface area (Å²) in [6.07, 6.45) is 1.80. The maximum atomic E-state index is 11.9. The zero-order valence-corrected chi connectivity index (χ0v) is 23.9. The van der Waals surface area contributed by atoms with Crippen LogP contribution in [0, 0.1) is 0 Å². The quantitative estimate of drug-likeness (QED) is 0.159. The minimum absolute atomic E-state index is 0.0366. The summed E-state index contributed by atoms with van der Waals surface area (Å²) < 4.78 is 31.5. The molecule has 11 heteroatoms. The van der Waals surface area contributed by atoms with Crippen LogP contribution in [-0.2, 0) is 38.0 Å². The normalized spacial score (nSPS) is 13.1. The van der Waals surface area contributed by atoms with Gasteiger partial charge in [0, 0.05) is 24.8 Å². The van der Waals surface area contributed by atoms with Crippen molar-refractivity contribution < 1.29 is 42.8 Å². The Kier molecular flexibility index (Phi) is 28.8. The maximum Gasteiger partial charge on any atom is 0.409 e. The smallest absolute Gasteiger partial charge is 0.409 e. The number of thiol groups is 1. The summed E-state index contributed by atoms with van der Waals surface area (Å²) in [5.74, 6) is -0.433. The lowest BCUT2D eigenvalue weighted by Crippen LogP contribution is -2.39. The molecule has 0 saturated carbocycles. The molecule has 1 aliphatic rings. The van der Waals surface area contributed by atoms with E-state index in [1.54, 1.807) is 4.90 Å². The number of likely N-dealkylation sites (tertiary alicyclic amines) is 1. The van der Waals surface area contributed by atoms with E-state index in [1.807, 2.05) is 27.7 Å². The fourth-order valence-electron chi connectivity index (χ4n) is 2.65. The van der Waals surface area contributed by atoms with Crippen LogP contribution in [0.2, 0.25) is 0 Å². The second-order valence-electron chi connectivity index (χ2n) is 7.20. The van der Waals surface area contributed by atoms with E-state index >= 15 is 0 Å². The van der Waals surface area contributed by atoms with E-state index in [4.69, 9.17) is 28.4 Å². The molecule has 36 heavy (non-hydrogen) atoms. The number of piperidine rings is 1. The molecular formula is C25H49NO9S. The van der Waals surface area contributed by atoms with Gasteiger partial charge in [0.15, 0.2) is 0 Å². The molecule has 0 spiro atoms. The molecule has 1 aliphatic heterocycles. The van der Waals surface area contributed by atoms with Crippen LogP contribution in [0.3, 0.4) is 0 Å². The van der Waals surface area contributed by atoms with E-state index in [9.17, 15) is 14.4 Å². The number of carbonyl (C=O) groups excluding carboxylic acids is 3. The lowest BCUT2D eigenvalue weighted by atomic mass is 10.1. The Balaban J connectivity index is 0. The molecule has 0 bridgehead atoms. The van der Waals surface area contributed by atoms with Crippen LogP contribution in [0.5, 0.6) is 0 Å². The van der Waals surface area contributed by atoms with Crippen LogP contribution in [0.1, 0.15) is 60.3 Å². The number of nitrogens with zero attached hydrogens (tertiary/aromatic N) is 1. The molecule has 214 valence electrons. The first kappa shape index (κ1) is 36.8. The third-order valence-electron chi connectivity index (χ3n) is 4.46. The summed E-state index contributed by atoms with van der Waals surface area (Å²) in [7, 11) is 0. The number of hydrogen-bond donors (Lipinski definition) is 1. The topological polar surface area (TPSA) is 110 Å². The number of ether oxygens (including phenoxy) is 6. The lowest BCUT2D eigenvalue weighted by Gasteiger charge is -2.28. The molecule has 0 aliphatic carbocycles. The fraction of sp³-hybridized carbons (Fsp3) is 0.880. The van der Waals surface area contributed by atoms with Crippen molar-refractivity contribution >= 4 is 30.5 Å². The largest absolute Gasteiger partial charge is 0.463 e. The molecule has 1 amide bonds. The summed E-state index contributed by atoms with van der Waals surface area (Å²) in [6.45, 7) is 14.3. The first-order chi connectivity index (χ1) is 17.5. The van der Waals surface area contributed by atoms with Gasteiger partial charge in [-0.3, -0.25) is 4.79 Å². The average Bonchev–Trinajstić information content (AvgIpc) is 2.89. The van der Waals surface area contributed by atoms with Gasteiger partial charge in [0.2, 0.25) is 0 Å². The third kappa shape index (κ3) is 24.3. The number of hydrogen-bond acceptors (Lipinski definition) is 10. The van der Waals surface area contributed by atoms with E-state index in [0.717, 1.165) is 12.8 Å². The van der Waals surface area contributed by atoms with Crippen molar-refractivity contribution in [3.05, 3.63) is 0 Å². The summed E-state index contributed by atoms with van der Waals surface area (Å²) in [5.41, 5.74) is 0. The summed E-state index contributed by atoms with van der Waals surface area (Å²) >= 11 is 4.41. The second-order valence-corrected chi connectivity index (χ2v) is 7.93. The molecular weight excluding hydrogens is 490 g/mol. The van der Waals surface area contributed by atoms with E-state index in [0.29, 0.717) is 64.6 Å². The number of rotatable bonds is 18. The van der Waals surface area contributed by atoms with Crippen LogP contribution in [0.4, 0.5) is 4.79 Å². The van der Waals surface area contributed by atoms with E-state index < -0.39 is 5.97 Å². The minimum atomic E-state index is -0.396. The predicted octanol–water partition coefficient (Wildman–Crippen LogP) is 3.55. The van der Waals surface area contributed by atoms with Gasteiger partial charge in [-0.25, -0.2) is 4.79 Å². The summed E-state index contributed by atoms with van der Waals surface area (Å²) in [4.78, 5) is 35.6. The Hall–Kier alpha value is -1.40. The Bertz CT molecular complexity index is 530. The second kappa shape index (κ2) is 28.2. The Morgan fingerprint density at radius 1 is 0.667 bits per heavy atom. The van der Waals surface area contributed by atoms with Gasteiger partial charge in [0.05, 0.1) is 59.3 Å². The van der Waals surface area contributed by atoms with Crippen LogP contribution < -0.4 is 0 Å². The highest BCUT2D eigenvalue weighted by molar-refractivity contribution is 7.80. The zero-order valence-electron chi connectivity index (χ0n) is 23.0. The molecule has 0 atom stereocenters. The molecule has 0 radical (unpaired) electrons. The third-order valence-corrected chi connectivity index (χ3v) is 4.98. The minimum Gasteiger partial charge on any atom is -0.463 e. The molecule has 0 aromatic heterocycles. The zero-order chi connectivity index (χ0) is 27.4. The van der Waals surface area contributed by atoms with E-state index in [1.165, 1.54) is 6.92 Å². The number of Topliss-reactive ketones (excluding diaryl/α,β-unsaturated/α-hetero) is 1. The Labute approximate surface area is 223 Å². The van der Waals surface area contributed by atoms with Gasteiger partial charge in [-0.2, -0.15) is 12.6 Å². The highest BCUT2D eigenvalue weighted by atomic mass is 32.1. The number of amides is 1. The molecule has 0 unspecified atom stereocenters. The van der Waals surface area contributed by atoms with Gasteiger partial charge in [0.1, 0.15) is 19.0 Å². The van der Waals surface area contributed by atoms with Crippen molar-refractivity contribution in [2.75, 3.05) is 79.2 Å². The molecule has 1 heterocycles. The van der Waals surface area contributed by atoms with Gasteiger partial charge in [-0.1, -0.05) is 27.7 Å². The number of carbonyl (C=O) groups is 3. The highest BCUT2D eigenvalue weighted by Gasteiger charge is 2.21. The maximum absolute atomic E-state index is 11.9. The molecule has 1 saturated heterocycles. The average molecular weight is 540 g/mol. The lowest BCUT2D eigenvalue weighted by molar-refractivity contribution is -0.146.